The number of carbonyl (C=O) groups excluding carboxylic acids is 1. The van der Waals surface area contributed by atoms with E-state index in [4.69, 9.17) is 10.5 Å². The molecule has 0 aromatic heterocycles. The third-order valence-electron chi connectivity index (χ3n) is 2.90. The summed E-state index contributed by atoms with van der Waals surface area (Å²) in [6.45, 7) is 0.702. The third kappa shape index (κ3) is 4.57. The van der Waals surface area contributed by atoms with Gasteiger partial charge in [-0.15, -0.1) is 0 Å². The molecule has 0 fully saturated rings. The molecule has 2 aromatic carbocycles. The molecular weight excluding hydrogens is 271 g/mol. The molecule has 0 atom stereocenters. The van der Waals surface area contributed by atoms with Gasteiger partial charge in [0.05, 0.1) is 18.7 Å². The number of nitrogens with one attached hydrogen (secondary N) is 1. The van der Waals surface area contributed by atoms with E-state index in [0.717, 1.165) is 5.56 Å². The quantitative estimate of drug-likeness (QED) is 0.859. The summed E-state index contributed by atoms with van der Waals surface area (Å²) < 4.78 is 18.8. The molecule has 0 aliphatic rings. The number of ether oxygens (including phenoxy) is 1. The van der Waals surface area contributed by atoms with Gasteiger partial charge < -0.3 is 15.8 Å². The van der Waals surface area contributed by atoms with Crippen molar-refractivity contribution in [1.29, 1.82) is 0 Å². The van der Waals surface area contributed by atoms with Crippen molar-refractivity contribution in [3.05, 3.63) is 59.9 Å². The van der Waals surface area contributed by atoms with Crippen LogP contribution in [-0.2, 0) is 11.3 Å². The molecule has 0 radical (unpaired) electrons. The molecule has 21 heavy (non-hydrogen) atoms. The van der Waals surface area contributed by atoms with E-state index >= 15 is 0 Å². The van der Waals surface area contributed by atoms with E-state index in [1.807, 2.05) is 12.1 Å². The first kappa shape index (κ1) is 15.0. The first-order chi connectivity index (χ1) is 10.2. The van der Waals surface area contributed by atoms with Gasteiger partial charge in [0.25, 0.3) is 0 Å². The molecule has 0 spiro atoms. The van der Waals surface area contributed by atoms with Crippen molar-refractivity contribution < 1.29 is 13.9 Å². The van der Waals surface area contributed by atoms with Crippen LogP contribution in [0.1, 0.15) is 12.0 Å². The van der Waals surface area contributed by atoms with Gasteiger partial charge in [0.1, 0.15) is 11.6 Å². The molecule has 0 bridgehead atoms. The fraction of sp³-hybridized carbons (Fsp3) is 0.188. The van der Waals surface area contributed by atoms with Crippen molar-refractivity contribution in [2.45, 2.75) is 13.0 Å². The minimum atomic E-state index is -0.454. The maximum absolute atomic E-state index is 13.4. The number of nitrogens with two attached hydrogens (primary N) is 1. The van der Waals surface area contributed by atoms with E-state index in [2.05, 4.69) is 5.32 Å². The Balaban J connectivity index is 1.77. The summed E-state index contributed by atoms with van der Waals surface area (Å²) in [6.07, 6.45) is 0.146. The van der Waals surface area contributed by atoms with Crippen LogP contribution in [0.4, 0.5) is 10.1 Å². The molecule has 4 nitrogen and oxygen atoms in total. The SMILES string of the molecule is NCc1ccc(OCCC(=O)Nc2ccccc2F)cc1. The first-order valence-corrected chi connectivity index (χ1v) is 6.65. The summed E-state index contributed by atoms with van der Waals surface area (Å²) in [6, 6.07) is 13.4. The predicted molar refractivity (Wildman–Crippen MR) is 79.5 cm³/mol. The summed E-state index contributed by atoms with van der Waals surface area (Å²) in [4.78, 5) is 11.7. The number of anilines is 1. The summed E-state index contributed by atoms with van der Waals surface area (Å²) in [5, 5.41) is 2.50. The van der Waals surface area contributed by atoms with Crippen LogP contribution in [0.15, 0.2) is 48.5 Å². The van der Waals surface area contributed by atoms with E-state index in [-0.39, 0.29) is 24.6 Å². The normalized spacial score (nSPS) is 10.2. The number of carbonyl (C=O) groups is 1. The molecule has 110 valence electrons. The van der Waals surface area contributed by atoms with Crippen LogP contribution in [0, 0.1) is 5.82 Å². The second-order valence-corrected chi connectivity index (χ2v) is 4.47. The molecule has 0 heterocycles. The third-order valence-corrected chi connectivity index (χ3v) is 2.90. The predicted octanol–water partition coefficient (Wildman–Crippen LogP) is 2.69. The maximum atomic E-state index is 13.4. The maximum Gasteiger partial charge on any atom is 0.227 e. The molecular formula is C16H17FN2O2. The Hall–Kier alpha value is -2.40. The fourth-order valence-electron chi connectivity index (χ4n) is 1.76. The Morgan fingerprint density at radius 3 is 2.52 bits per heavy atom. The number of para-hydroxylation sites is 1. The first-order valence-electron chi connectivity index (χ1n) is 6.65. The van der Waals surface area contributed by atoms with Crippen molar-refractivity contribution in [3.8, 4) is 5.75 Å². The van der Waals surface area contributed by atoms with Crippen LogP contribution < -0.4 is 15.8 Å². The largest absolute Gasteiger partial charge is 0.493 e. The zero-order valence-electron chi connectivity index (χ0n) is 11.5. The van der Waals surface area contributed by atoms with Gasteiger partial charge in [0, 0.05) is 6.54 Å². The Labute approximate surface area is 122 Å². The molecule has 3 N–H and O–H groups in total. The molecule has 0 saturated heterocycles. The Bertz CT molecular complexity index is 599. The second kappa shape index (κ2) is 7.40. The van der Waals surface area contributed by atoms with Crippen LogP contribution in [-0.4, -0.2) is 12.5 Å². The molecule has 0 saturated carbocycles. The second-order valence-electron chi connectivity index (χ2n) is 4.47. The minimum absolute atomic E-state index is 0.146. The van der Waals surface area contributed by atoms with E-state index in [1.165, 1.54) is 12.1 Å². The lowest BCUT2D eigenvalue weighted by atomic mass is 10.2. The van der Waals surface area contributed by atoms with E-state index in [9.17, 15) is 9.18 Å². The van der Waals surface area contributed by atoms with Crippen molar-refractivity contribution in [2.75, 3.05) is 11.9 Å². The van der Waals surface area contributed by atoms with Gasteiger partial charge in [-0.25, -0.2) is 4.39 Å². The van der Waals surface area contributed by atoms with Crippen molar-refractivity contribution in [2.24, 2.45) is 5.73 Å². The average molecular weight is 288 g/mol. The van der Waals surface area contributed by atoms with Gasteiger partial charge in [-0.1, -0.05) is 24.3 Å². The summed E-state index contributed by atoms with van der Waals surface area (Å²) >= 11 is 0. The Kier molecular flexibility index (Phi) is 5.29. The fourth-order valence-corrected chi connectivity index (χ4v) is 1.76. The number of halogens is 1. The lowest BCUT2D eigenvalue weighted by Gasteiger charge is -2.08. The standard InChI is InChI=1S/C16H17FN2O2/c17-14-3-1-2-4-15(14)19-16(20)9-10-21-13-7-5-12(11-18)6-8-13/h1-8H,9-11,18H2,(H,19,20). The average Bonchev–Trinajstić information content (AvgIpc) is 2.50. The van der Waals surface area contributed by atoms with E-state index in [1.54, 1.807) is 24.3 Å². The Morgan fingerprint density at radius 2 is 1.86 bits per heavy atom. The molecule has 0 unspecified atom stereocenters. The van der Waals surface area contributed by atoms with Gasteiger partial charge in [0.2, 0.25) is 5.91 Å². The van der Waals surface area contributed by atoms with Gasteiger partial charge >= 0.3 is 0 Å². The summed E-state index contributed by atoms with van der Waals surface area (Å²) in [5.41, 5.74) is 6.69. The van der Waals surface area contributed by atoms with Gasteiger partial charge in [-0.3, -0.25) is 4.79 Å². The lowest BCUT2D eigenvalue weighted by molar-refractivity contribution is -0.116. The van der Waals surface area contributed by atoms with Crippen molar-refractivity contribution in [3.63, 3.8) is 0 Å². The molecule has 0 aliphatic heterocycles. The zero-order valence-corrected chi connectivity index (χ0v) is 11.5. The van der Waals surface area contributed by atoms with E-state index in [0.29, 0.717) is 12.3 Å². The van der Waals surface area contributed by atoms with Crippen molar-refractivity contribution in [1.82, 2.24) is 0 Å². The van der Waals surface area contributed by atoms with Crippen LogP contribution in [0.2, 0.25) is 0 Å². The lowest BCUT2D eigenvalue weighted by Crippen LogP contribution is -2.16. The highest BCUT2D eigenvalue weighted by atomic mass is 19.1. The summed E-state index contributed by atoms with van der Waals surface area (Å²) in [5.74, 6) is -0.0753. The molecule has 0 aliphatic carbocycles. The molecule has 1 amide bonds. The van der Waals surface area contributed by atoms with E-state index < -0.39 is 5.82 Å². The van der Waals surface area contributed by atoms with Crippen LogP contribution in [0.25, 0.3) is 0 Å². The van der Waals surface area contributed by atoms with Crippen LogP contribution in [0.5, 0.6) is 5.75 Å². The smallest absolute Gasteiger partial charge is 0.227 e. The highest BCUT2D eigenvalue weighted by Gasteiger charge is 2.06. The highest BCUT2D eigenvalue weighted by Crippen LogP contribution is 2.14. The minimum Gasteiger partial charge on any atom is -0.493 e. The van der Waals surface area contributed by atoms with Gasteiger partial charge in [-0.05, 0) is 29.8 Å². The molecule has 2 aromatic rings. The van der Waals surface area contributed by atoms with Crippen LogP contribution in [0.3, 0.4) is 0 Å². The summed E-state index contributed by atoms with van der Waals surface area (Å²) in [7, 11) is 0. The monoisotopic (exact) mass is 288 g/mol. The van der Waals surface area contributed by atoms with Gasteiger partial charge in [-0.2, -0.15) is 0 Å². The highest BCUT2D eigenvalue weighted by molar-refractivity contribution is 5.90. The van der Waals surface area contributed by atoms with Crippen molar-refractivity contribution >= 4 is 11.6 Å². The number of benzene rings is 2. The number of hydrogen-bond acceptors (Lipinski definition) is 3. The molecule has 2 rings (SSSR count). The van der Waals surface area contributed by atoms with Gasteiger partial charge in [0.15, 0.2) is 0 Å². The van der Waals surface area contributed by atoms with Crippen LogP contribution >= 0.6 is 0 Å². The topological polar surface area (TPSA) is 64.3 Å². The number of amides is 1. The Morgan fingerprint density at radius 1 is 1.14 bits per heavy atom. The molecule has 5 heteroatoms. The zero-order chi connectivity index (χ0) is 15.1. The number of hydrogen-bond donors (Lipinski definition) is 2. The number of rotatable bonds is 6.